The van der Waals surface area contributed by atoms with Crippen molar-refractivity contribution in [3.63, 3.8) is 0 Å². The molecule has 0 spiro atoms. The molecule has 1 aromatic rings. The maximum atomic E-state index is 12.4. The van der Waals surface area contributed by atoms with Gasteiger partial charge in [0.15, 0.2) is 0 Å². The van der Waals surface area contributed by atoms with Gasteiger partial charge in [0.1, 0.15) is 0 Å². The summed E-state index contributed by atoms with van der Waals surface area (Å²) < 4.78 is 42.4. The number of rotatable bonds is 4. The van der Waals surface area contributed by atoms with Gasteiger partial charge in [0.2, 0.25) is 0 Å². The second kappa shape index (κ2) is 7.28. The summed E-state index contributed by atoms with van der Waals surface area (Å²) in [6.45, 7) is 1.98. The van der Waals surface area contributed by atoms with E-state index in [1.165, 1.54) is 24.3 Å². The molecule has 0 aliphatic heterocycles. The highest BCUT2D eigenvalue weighted by Gasteiger charge is 2.29. The van der Waals surface area contributed by atoms with Crippen LogP contribution in [0, 0.1) is 0 Å². The van der Waals surface area contributed by atoms with E-state index >= 15 is 0 Å². The lowest BCUT2D eigenvalue weighted by molar-refractivity contribution is -0.138. The first-order valence-electron chi connectivity index (χ1n) is 5.73. The van der Waals surface area contributed by atoms with E-state index in [9.17, 15) is 18.0 Å². The molecule has 2 nitrogen and oxygen atoms in total. The SMILES string of the molecule is CCOC(=O)/C=C/C=C(\Br)c1ccc(C(F)(F)F)cc1. The summed E-state index contributed by atoms with van der Waals surface area (Å²) in [7, 11) is 0. The minimum atomic E-state index is -4.35. The van der Waals surface area contributed by atoms with Crippen molar-refractivity contribution in [2.24, 2.45) is 0 Å². The molecule has 0 amide bonds. The molecule has 0 aliphatic rings. The minimum absolute atomic E-state index is 0.285. The van der Waals surface area contributed by atoms with Gasteiger partial charge >= 0.3 is 12.1 Å². The van der Waals surface area contributed by atoms with Gasteiger partial charge in [-0.15, -0.1) is 0 Å². The topological polar surface area (TPSA) is 26.3 Å². The van der Waals surface area contributed by atoms with Crippen molar-refractivity contribution in [2.45, 2.75) is 13.1 Å². The van der Waals surface area contributed by atoms with E-state index in [0.29, 0.717) is 10.0 Å². The smallest absolute Gasteiger partial charge is 0.416 e. The molecule has 0 saturated carbocycles. The Morgan fingerprint density at radius 1 is 1.30 bits per heavy atom. The molecule has 0 N–H and O–H groups in total. The van der Waals surface area contributed by atoms with Crippen LogP contribution in [-0.2, 0) is 15.7 Å². The number of hydrogen-bond donors (Lipinski definition) is 0. The zero-order chi connectivity index (χ0) is 15.2. The number of allylic oxidation sites excluding steroid dienone is 2. The van der Waals surface area contributed by atoms with Crippen LogP contribution in [-0.4, -0.2) is 12.6 Å². The van der Waals surface area contributed by atoms with Crippen LogP contribution in [0.1, 0.15) is 18.1 Å². The summed E-state index contributed by atoms with van der Waals surface area (Å²) >= 11 is 3.23. The highest BCUT2D eigenvalue weighted by Crippen LogP contribution is 2.30. The van der Waals surface area contributed by atoms with Gasteiger partial charge in [-0.3, -0.25) is 0 Å². The highest BCUT2D eigenvalue weighted by molar-refractivity contribution is 9.15. The van der Waals surface area contributed by atoms with Gasteiger partial charge in [-0.2, -0.15) is 13.2 Å². The third-order valence-corrected chi connectivity index (χ3v) is 2.97. The maximum Gasteiger partial charge on any atom is 0.416 e. The summed E-state index contributed by atoms with van der Waals surface area (Å²) in [6, 6.07) is 4.70. The van der Waals surface area contributed by atoms with Crippen LogP contribution in [0.3, 0.4) is 0 Å². The number of hydrogen-bond acceptors (Lipinski definition) is 2. The molecule has 0 bridgehead atoms. The summed E-state index contributed by atoms with van der Waals surface area (Å²) in [5.41, 5.74) is -0.130. The molecule has 0 heterocycles. The molecule has 0 unspecified atom stereocenters. The normalized spacial score (nSPS) is 12.8. The molecule has 0 saturated heterocycles. The van der Waals surface area contributed by atoms with E-state index in [4.69, 9.17) is 0 Å². The van der Waals surface area contributed by atoms with Crippen molar-refractivity contribution in [3.8, 4) is 0 Å². The van der Waals surface area contributed by atoms with Crippen LogP contribution in [0.25, 0.3) is 4.48 Å². The van der Waals surface area contributed by atoms with Gasteiger partial charge in [-0.25, -0.2) is 4.79 Å². The van der Waals surface area contributed by atoms with Crippen molar-refractivity contribution in [3.05, 3.63) is 53.6 Å². The Morgan fingerprint density at radius 2 is 1.90 bits per heavy atom. The monoisotopic (exact) mass is 348 g/mol. The van der Waals surface area contributed by atoms with E-state index in [-0.39, 0.29) is 6.61 Å². The van der Waals surface area contributed by atoms with Crippen LogP contribution >= 0.6 is 15.9 Å². The Labute approximate surface area is 123 Å². The highest BCUT2D eigenvalue weighted by atomic mass is 79.9. The molecule has 1 aromatic carbocycles. The number of benzene rings is 1. The van der Waals surface area contributed by atoms with Gasteiger partial charge in [-0.1, -0.05) is 34.1 Å². The Hall–Kier alpha value is -1.56. The first kappa shape index (κ1) is 16.5. The van der Waals surface area contributed by atoms with Crippen LogP contribution < -0.4 is 0 Å². The number of esters is 1. The third kappa shape index (κ3) is 5.21. The molecular weight excluding hydrogens is 337 g/mol. The molecule has 0 fully saturated rings. The van der Waals surface area contributed by atoms with Crippen molar-refractivity contribution in [1.29, 1.82) is 0 Å². The Bertz CT molecular complexity index is 516. The van der Waals surface area contributed by atoms with Crippen LogP contribution in [0.2, 0.25) is 0 Å². The van der Waals surface area contributed by atoms with E-state index in [0.717, 1.165) is 12.1 Å². The average Bonchev–Trinajstić information content (AvgIpc) is 2.38. The van der Waals surface area contributed by atoms with Crippen molar-refractivity contribution in [2.75, 3.05) is 6.61 Å². The molecule has 0 radical (unpaired) electrons. The van der Waals surface area contributed by atoms with Crippen LogP contribution in [0.15, 0.2) is 42.5 Å². The summed E-state index contributed by atoms with van der Waals surface area (Å²) in [5, 5.41) is 0. The Balaban J connectivity index is 2.77. The van der Waals surface area contributed by atoms with Gasteiger partial charge in [0.05, 0.1) is 12.2 Å². The third-order valence-electron chi connectivity index (χ3n) is 2.25. The van der Waals surface area contributed by atoms with Crippen molar-refractivity contribution >= 4 is 26.4 Å². The lowest BCUT2D eigenvalue weighted by atomic mass is 10.1. The van der Waals surface area contributed by atoms with E-state index in [1.54, 1.807) is 13.0 Å². The zero-order valence-electron chi connectivity index (χ0n) is 10.6. The van der Waals surface area contributed by atoms with E-state index < -0.39 is 17.7 Å². The van der Waals surface area contributed by atoms with E-state index in [2.05, 4.69) is 20.7 Å². The quantitative estimate of drug-likeness (QED) is 0.453. The fourth-order valence-electron chi connectivity index (χ4n) is 1.32. The molecule has 6 heteroatoms. The molecule has 0 atom stereocenters. The number of ether oxygens (including phenoxy) is 1. The van der Waals surface area contributed by atoms with Crippen LogP contribution in [0.4, 0.5) is 13.2 Å². The number of alkyl halides is 3. The molecular formula is C14H12BrF3O2. The maximum absolute atomic E-state index is 12.4. The number of carbonyl (C=O) groups is 1. The van der Waals surface area contributed by atoms with E-state index in [1.807, 2.05) is 0 Å². The van der Waals surface area contributed by atoms with Crippen molar-refractivity contribution < 1.29 is 22.7 Å². The second-order valence-electron chi connectivity index (χ2n) is 3.70. The summed E-state index contributed by atoms with van der Waals surface area (Å²) in [4.78, 5) is 11.0. The molecule has 0 aliphatic carbocycles. The fourth-order valence-corrected chi connectivity index (χ4v) is 1.73. The predicted octanol–water partition coefficient (Wildman–Crippen LogP) is 4.56. The molecule has 1 rings (SSSR count). The molecule has 0 aromatic heterocycles. The second-order valence-corrected chi connectivity index (χ2v) is 4.56. The first-order chi connectivity index (χ1) is 9.34. The zero-order valence-corrected chi connectivity index (χ0v) is 12.2. The van der Waals surface area contributed by atoms with Gasteiger partial charge in [0.25, 0.3) is 0 Å². The van der Waals surface area contributed by atoms with Gasteiger partial charge in [0, 0.05) is 10.6 Å². The Kier molecular flexibility index (Phi) is 6.01. The fraction of sp³-hybridized carbons (Fsp3) is 0.214. The summed E-state index contributed by atoms with van der Waals surface area (Å²) in [5.74, 6) is -0.475. The van der Waals surface area contributed by atoms with Gasteiger partial charge in [-0.05, 0) is 30.7 Å². The molecule has 20 heavy (non-hydrogen) atoms. The standard InChI is InChI=1S/C14H12BrF3O2/c1-2-20-13(19)5-3-4-12(15)10-6-8-11(9-7-10)14(16,17)18/h3-9H,2H2,1H3/b5-3+,12-4-. The lowest BCUT2D eigenvalue weighted by Gasteiger charge is -2.07. The van der Waals surface area contributed by atoms with Crippen molar-refractivity contribution in [1.82, 2.24) is 0 Å². The number of halogens is 4. The first-order valence-corrected chi connectivity index (χ1v) is 6.52. The largest absolute Gasteiger partial charge is 0.463 e. The number of carbonyl (C=O) groups excluding carboxylic acids is 1. The lowest BCUT2D eigenvalue weighted by Crippen LogP contribution is -2.04. The Morgan fingerprint density at radius 3 is 2.40 bits per heavy atom. The average molecular weight is 349 g/mol. The predicted molar refractivity (Wildman–Crippen MR) is 74.1 cm³/mol. The van der Waals surface area contributed by atoms with Gasteiger partial charge < -0.3 is 4.74 Å². The minimum Gasteiger partial charge on any atom is -0.463 e. The summed E-state index contributed by atoms with van der Waals surface area (Å²) in [6.07, 6.45) is -0.105. The molecule has 108 valence electrons. The van der Waals surface area contributed by atoms with Crippen LogP contribution in [0.5, 0.6) is 0 Å².